The number of hydrogen-bond acceptors (Lipinski definition) is 3. The standard InChI is InChI=1S/C13H17FN4/c14-9-4-5-11-12(7-9)18-13(17-11)16-10-3-1-2-6-15-8-10/h4-5,7,10,15H,1-3,6,8H2,(H2,16,17,18). The third-order valence-electron chi connectivity index (χ3n) is 3.33. The zero-order valence-corrected chi connectivity index (χ0v) is 10.2. The molecule has 0 radical (unpaired) electrons. The molecule has 1 fully saturated rings. The zero-order chi connectivity index (χ0) is 12.4. The summed E-state index contributed by atoms with van der Waals surface area (Å²) in [5.41, 5.74) is 1.53. The van der Waals surface area contributed by atoms with Crippen molar-refractivity contribution in [1.82, 2.24) is 15.3 Å². The molecular formula is C13H17FN4. The monoisotopic (exact) mass is 248 g/mol. The third kappa shape index (κ3) is 2.46. The first kappa shape index (κ1) is 11.5. The summed E-state index contributed by atoms with van der Waals surface area (Å²) in [5.74, 6) is 0.484. The van der Waals surface area contributed by atoms with Gasteiger partial charge in [-0.05, 0) is 37.6 Å². The molecule has 0 aliphatic carbocycles. The van der Waals surface area contributed by atoms with E-state index in [0.717, 1.165) is 36.5 Å². The van der Waals surface area contributed by atoms with Crippen molar-refractivity contribution in [3.8, 4) is 0 Å². The van der Waals surface area contributed by atoms with Gasteiger partial charge in [0.15, 0.2) is 0 Å². The van der Waals surface area contributed by atoms with Crippen molar-refractivity contribution in [1.29, 1.82) is 0 Å². The molecule has 3 rings (SSSR count). The maximum atomic E-state index is 13.1. The van der Waals surface area contributed by atoms with Gasteiger partial charge in [0.1, 0.15) is 5.82 Å². The van der Waals surface area contributed by atoms with Crippen molar-refractivity contribution in [3.63, 3.8) is 0 Å². The van der Waals surface area contributed by atoms with Gasteiger partial charge in [0.05, 0.1) is 11.0 Å². The Kier molecular flexibility index (Phi) is 3.15. The summed E-state index contributed by atoms with van der Waals surface area (Å²) >= 11 is 0. The molecular weight excluding hydrogens is 231 g/mol. The van der Waals surface area contributed by atoms with E-state index in [1.165, 1.54) is 25.0 Å². The second kappa shape index (κ2) is 4.94. The number of imidazole rings is 1. The van der Waals surface area contributed by atoms with Crippen LogP contribution in [-0.4, -0.2) is 29.1 Å². The molecule has 3 N–H and O–H groups in total. The predicted molar refractivity (Wildman–Crippen MR) is 70.2 cm³/mol. The molecule has 1 aliphatic heterocycles. The molecule has 1 saturated heterocycles. The fourth-order valence-corrected chi connectivity index (χ4v) is 2.39. The molecule has 18 heavy (non-hydrogen) atoms. The van der Waals surface area contributed by atoms with Crippen molar-refractivity contribution in [2.24, 2.45) is 0 Å². The Labute approximate surface area is 105 Å². The minimum Gasteiger partial charge on any atom is -0.352 e. The van der Waals surface area contributed by atoms with Crippen LogP contribution in [0.15, 0.2) is 18.2 Å². The second-order valence-electron chi connectivity index (χ2n) is 4.79. The van der Waals surface area contributed by atoms with E-state index in [0.29, 0.717) is 6.04 Å². The molecule has 5 heteroatoms. The summed E-state index contributed by atoms with van der Waals surface area (Å²) in [5, 5.41) is 6.77. The summed E-state index contributed by atoms with van der Waals surface area (Å²) in [6.07, 6.45) is 3.58. The molecule has 2 heterocycles. The lowest BCUT2D eigenvalue weighted by Crippen LogP contribution is -2.31. The van der Waals surface area contributed by atoms with E-state index in [1.54, 1.807) is 6.07 Å². The van der Waals surface area contributed by atoms with Crippen LogP contribution in [0, 0.1) is 5.82 Å². The highest BCUT2D eigenvalue weighted by Crippen LogP contribution is 2.17. The number of H-pyrrole nitrogens is 1. The van der Waals surface area contributed by atoms with Gasteiger partial charge in [-0.15, -0.1) is 0 Å². The van der Waals surface area contributed by atoms with Crippen LogP contribution in [0.2, 0.25) is 0 Å². The fraction of sp³-hybridized carbons (Fsp3) is 0.462. The summed E-state index contributed by atoms with van der Waals surface area (Å²) in [4.78, 5) is 7.53. The van der Waals surface area contributed by atoms with Crippen molar-refractivity contribution < 1.29 is 4.39 Å². The Morgan fingerprint density at radius 2 is 2.28 bits per heavy atom. The normalized spacial score (nSPS) is 20.8. The van der Waals surface area contributed by atoms with E-state index in [9.17, 15) is 4.39 Å². The average molecular weight is 248 g/mol. The van der Waals surface area contributed by atoms with E-state index in [2.05, 4.69) is 20.6 Å². The van der Waals surface area contributed by atoms with Gasteiger partial charge >= 0.3 is 0 Å². The number of benzene rings is 1. The van der Waals surface area contributed by atoms with Gasteiger partial charge in [-0.3, -0.25) is 0 Å². The summed E-state index contributed by atoms with van der Waals surface area (Å²) in [7, 11) is 0. The number of nitrogens with zero attached hydrogens (tertiary/aromatic N) is 1. The molecule has 96 valence electrons. The molecule has 2 aromatic rings. The fourth-order valence-electron chi connectivity index (χ4n) is 2.39. The van der Waals surface area contributed by atoms with E-state index < -0.39 is 0 Å². The number of aromatic nitrogens is 2. The topological polar surface area (TPSA) is 52.7 Å². The van der Waals surface area contributed by atoms with Crippen molar-refractivity contribution >= 4 is 17.0 Å². The molecule has 1 unspecified atom stereocenters. The van der Waals surface area contributed by atoms with Crippen LogP contribution in [0.5, 0.6) is 0 Å². The number of fused-ring (bicyclic) bond motifs is 1. The quantitative estimate of drug-likeness (QED) is 0.764. The van der Waals surface area contributed by atoms with Crippen molar-refractivity contribution in [3.05, 3.63) is 24.0 Å². The highest BCUT2D eigenvalue weighted by Gasteiger charge is 2.13. The highest BCUT2D eigenvalue weighted by molar-refractivity contribution is 5.77. The van der Waals surface area contributed by atoms with Gasteiger partial charge in [0.25, 0.3) is 0 Å². The molecule has 1 aromatic heterocycles. The van der Waals surface area contributed by atoms with Crippen molar-refractivity contribution in [2.45, 2.75) is 25.3 Å². The van der Waals surface area contributed by atoms with Gasteiger partial charge in [0.2, 0.25) is 5.95 Å². The number of halogens is 1. The van der Waals surface area contributed by atoms with Crippen LogP contribution in [0.1, 0.15) is 19.3 Å². The molecule has 1 aromatic carbocycles. The largest absolute Gasteiger partial charge is 0.352 e. The van der Waals surface area contributed by atoms with Crippen LogP contribution in [-0.2, 0) is 0 Å². The predicted octanol–water partition coefficient (Wildman–Crippen LogP) is 2.26. The van der Waals surface area contributed by atoms with Crippen LogP contribution in [0.4, 0.5) is 10.3 Å². The van der Waals surface area contributed by atoms with Crippen LogP contribution in [0.25, 0.3) is 11.0 Å². The summed E-state index contributed by atoms with van der Waals surface area (Å²) < 4.78 is 13.1. The van der Waals surface area contributed by atoms with Crippen LogP contribution in [0.3, 0.4) is 0 Å². The lowest BCUT2D eigenvalue weighted by molar-refractivity contribution is 0.629. The van der Waals surface area contributed by atoms with Gasteiger partial charge in [-0.1, -0.05) is 6.42 Å². The molecule has 0 amide bonds. The second-order valence-corrected chi connectivity index (χ2v) is 4.79. The Bertz CT molecular complexity index is 529. The molecule has 0 bridgehead atoms. The molecule has 1 aliphatic rings. The van der Waals surface area contributed by atoms with Crippen LogP contribution >= 0.6 is 0 Å². The van der Waals surface area contributed by atoms with Crippen LogP contribution < -0.4 is 10.6 Å². The SMILES string of the molecule is Fc1ccc2nc(NC3CCCCNC3)[nH]c2c1. The van der Waals surface area contributed by atoms with E-state index in [4.69, 9.17) is 0 Å². The first-order valence-corrected chi connectivity index (χ1v) is 6.44. The lowest BCUT2D eigenvalue weighted by atomic mass is 10.1. The summed E-state index contributed by atoms with van der Waals surface area (Å²) in [6.45, 7) is 2.04. The van der Waals surface area contributed by atoms with Gasteiger partial charge in [-0.2, -0.15) is 0 Å². The first-order chi connectivity index (χ1) is 8.81. The number of rotatable bonds is 2. The molecule has 0 spiro atoms. The smallest absolute Gasteiger partial charge is 0.201 e. The Morgan fingerprint density at radius 3 is 3.22 bits per heavy atom. The van der Waals surface area contributed by atoms with Gasteiger partial charge in [0, 0.05) is 12.6 Å². The molecule has 0 saturated carbocycles. The Balaban J connectivity index is 1.77. The highest BCUT2D eigenvalue weighted by atomic mass is 19.1. The number of aromatic amines is 1. The maximum Gasteiger partial charge on any atom is 0.201 e. The van der Waals surface area contributed by atoms with Gasteiger partial charge < -0.3 is 15.6 Å². The number of nitrogens with one attached hydrogen (secondary N) is 3. The van der Waals surface area contributed by atoms with Gasteiger partial charge in [-0.25, -0.2) is 9.37 Å². The molecule has 4 nitrogen and oxygen atoms in total. The Morgan fingerprint density at radius 1 is 1.33 bits per heavy atom. The van der Waals surface area contributed by atoms with E-state index in [-0.39, 0.29) is 5.82 Å². The number of hydrogen-bond donors (Lipinski definition) is 3. The third-order valence-corrected chi connectivity index (χ3v) is 3.33. The lowest BCUT2D eigenvalue weighted by Gasteiger charge is -2.15. The minimum absolute atomic E-state index is 0.242. The summed E-state index contributed by atoms with van der Waals surface area (Å²) in [6, 6.07) is 4.98. The molecule has 1 atom stereocenters. The average Bonchev–Trinajstić information content (AvgIpc) is 2.57. The minimum atomic E-state index is -0.242. The number of anilines is 1. The first-order valence-electron chi connectivity index (χ1n) is 6.44. The van der Waals surface area contributed by atoms with E-state index in [1.807, 2.05) is 0 Å². The van der Waals surface area contributed by atoms with Crippen molar-refractivity contribution in [2.75, 3.05) is 18.4 Å². The Hall–Kier alpha value is -1.62. The van der Waals surface area contributed by atoms with E-state index >= 15 is 0 Å². The maximum absolute atomic E-state index is 13.1. The zero-order valence-electron chi connectivity index (χ0n) is 10.2.